The first-order chi connectivity index (χ1) is 8.52. The van der Waals surface area contributed by atoms with Gasteiger partial charge >= 0.3 is 6.16 Å². The van der Waals surface area contributed by atoms with E-state index in [1.165, 1.54) is 13.2 Å². The molecule has 0 aliphatic heterocycles. The number of rotatable bonds is 2. The Balaban J connectivity index is 2.70. The largest absolute Gasteiger partial charge is 0.512 e. The lowest BCUT2D eigenvalue weighted by atomic mass is 10.1. The number of pyridine rings is 1. The summed E-state index contributed by atoms with van der Waals surface area (Å²) in [7, 11) is 1.47. The van der Waals surface area contributed by atoms with Crippen LogP contribution in [0.5, 0.6) is 17.4 Å². The molecule has 1 aromatic heterocycles. The molecular weight excluding hydrogens is 262 g/mol. The minimum Gasteiger partial charge on any atom is -0.503 e. The molecule has 1 heterocycles. The van der Waals surface area contributed by atoms with Gasteiger partial charge in [0, 0.05) is 10.8 Å². The van der Waals surface area contributed by atoms with Crippen LogP contribution in [-0.2, 0) is 0 Å². The van der Waals surface area contributed by atoms with Gasteiger partial charge in [0.05, 0.1) is 7.11 Å². The van der Waals surface area contributed by atoms with Crippen molar-refractivity contribution in [2.24, 2.45) is 0 Å². The molecule has 2 rings (SSSR count). The minimum atomic E-state index is -1.59. The molecule has 6 nitrogen and oxygen atoms in total. The molecule has 0 radical (unpaired) electrons. The van der Waals surface area contributed by atoms with Gasteiger partial charge in [-0.05, 0) is 18.2 Å². The SMILES string of the molecule is COc1ccc2c(Cl)nc(OC(=O)O)c(O)c2c1. The van der Waals surface area contributed by atoms with Crippen molar-refractivity contribution in [3.63, 3.8) is 0 Å². The van der Waals surface area contributed by atoms with Crippen molar-refractivity contribution < 1.29 is 24.5 Å². The van der Waals surface area contributed by atoms with E-state index in [4.69, 9.17) is 21.4 Å². The smallest absolute Gasteiger partial charge is 0.503 e. The fourth-order valence-corrected chi connectivity index (χ4v) is 1.74. The average molecular weight is 270 g/mol. The van der Waals surface area contributed by atoms with E-state index < -0.39 is 17.8 Å². The van der Waals surface area contributed by atoms with Crippen LogP contribution in [0.25, 0.3) is 10.8 Å². The third-order valence-electron chi connectivity index (χ3n) is 2.29. The molecule has 0 aliphatic rings. The van der Waals surface area contributed by atoms with Crippen LogP contribution in [0.15, 0.2) is 18.2 Å². The molecular formula is C11H8ClNO5. The fraction of sp³-hybridized carbons (Fsp3) is 0.0909. The van der Waals surface area contributed by atoms with E-state index in [0.29, 0.717) is 16.5 Å². The molecule has 0 saturated carbocycles. The third kappa shape index (κ3) is 2.10. The molecule has 1 aromatic carbocycles. The highest BCUT2D eigenvalue weighted by Gasteiger charge is 2.16. The summed E-state index contributed by atoms with van der Waals surface area (Å²) in [4.78, 5) is 14.1. The Morgan fingerprint density at radius 1 is 1.39 bits per heavy atom. The van der Waals surface area contributed by atoms with Crippen LogP contribution in [0.3, 0.4) is 0 Å². The van der Waals surface area contributed by atoms with E-state index >= 15 is 0 Å². The van der Waals surface area contributed by atoms with Gasteiger partial charge in [0.1, 0.15) is 10.9 Å². The summed E-state index contributed by atoms with van der Waals surface area (Å²) in [6.45, 7) is 0. The fourth-order valence-electron chi connectivity index (χ4n) is 1.50. The van der Waals surface area contributed by atoms with Crippen molar-refractivity contribution in [1.82, 2.24) is 4.98 Å². The van der Waals surface area contributed by atoms with E-state index in [9.17, 15) is 9.90 Å². The van der Waals surface area contributed by atoms with Gasteiger partial charge in [0.15, 0.2) is 5.75 Å². The van der Waals surface area contributed by atoms with Crippen LogP contribution in [0.1, 0.15) is 0 Å². The second-order valence-corrected chi connectivity index (χ2v) is 3.69. The lowest BCUT2D eigenvalue weighted by molar-refractivity contribution is 0.141. The quantitative estimate of drug-likeness (QED) is 0.643. The Morgan fingerprint density at radius 3 is 2.72 bits per heavy atom. The van der Waals surface area contributed by atoms with Gasteiger partial charge in [-0.25, -0.2) is 4.79 Å². The number of ether oxygens (including phenoxy) is 2. The lowest BCUT2D eigenvalue weighted by Gasteiger charge is -2.08. The van der Waals surface area contributed by atoms with Gasteiger partial charge in [-0.15, -0.1) is 0 Å². The molecule has 0 unspecified atom stereocenters. The summed E-state index contributed by atoms with van der Waals surface area (Å²) >= 11 is 5.88. The number of aromatic nitrogens is 1. The molecule has 0 fully saturated rings. The molecule has 2 aromatic rings. The maximum Gasteiger partial charge on any atom is 0.512 e. The Morgan fingerprint density at radius 2 is 2.11 bits per heavy atom. The van der Waals surface area contributed by atoms with E-state index in [1.807, 2.05) is 0 Å². The van der Waals surface area contributed by atoms with Gasteiger partial charge < -0.3 is 19.7 Å². The van der Waals surface area contributed by atoms with Crippen LogP contribution < -0.4 is 9.47 Å². The maximum absolute atomic E-state index is 10.5. The molecule has 94 valence electrons. The minimum absolute atomic E-state index is 0.0294. The molecule has 0 saturated heterocycles. The van der Waals surface area contributed by atoms with E-state index in [0.717, 1.165) is 0 Å². The number of fused-ring (bicyclic) bond motifs is 1. The number of hydrogen-bond acceptors (Lipinski definition) is 5. The summed E-state index contributed by atoms with van der Waals surface area (Å²) in [6, 6.07) is 4.76. The predicted octanol–water partition coefficient (Wildman–Crippen LogP) is 2.66. The summed E-state index contributed by atoms with van der Waals surface area (Å²) < 4.78 is 9.34. The van der Waals surface area contributed by atoms with Gasteiger partial charge in [-0.1, -0.05) is 11.6 Å². The van der Waals surface area contributed by atoms with Crippen LogP contribution in [0.4, 0.5) is 4.79 Å². The monoisotopic (exact) mass is 269 g/mol. The van der Waals surface area contributed by atoms with E-state index in [-0.39, 0.29) is 5.15 Å². The molecule has 0 spiro atoms. The summed E-state index contributed by atoms with van der Waals surface area (Å²) in [5.41, 5.74) is 0. The standard InChI is InChI=1S/C11H8ClNO5/c1-17-5-2-3-6-7(4-5)8(14)10(13-9(6)12)18-11(15)16/h2-4,14H,1H3,(H,15,16). The topological polar surface area (TPSA) is 88.9 Å². The highest BCUT2D eigenvalue weighted by Crippen LogP contribution is 2.38. The maximum atomic E-state index is 10.5. The molecule has 2 N–H and O–H groups in total. The highest BCUT2D eigenvalue weighted by molar-refractivity contribution is 6.34. The van der Waals surface area contributed by atoms with Crippen molar-refractivity contribution in [3.05, 3.63) is 23.4 Å². The average Bonchev–Trinajstić information content (AvgIpc) is 2.34. The highest BCUT2D eigenvalue weighted by atomic mass is 35.5. The number of methoxy groups -OCH3 is 1. The zero-order valence-corrected chi connectivity index (χ0v) is 9.93. The van der Waals surface area contributed by atoms with Crippen molar-refractivity contribution in [2.75, 3.05) is 7.11 Å². The second kappa shape index (κ2) is 4.58. The second-order valence-electron chi connectivity index (χ2n) is 3.34. The summed E-state index contributed by atoms with van der Waals surface area (Å²) in [5.74, 6) is -0.384. The molecule has 0 bridgehead atoms. The number of nitrogens with zero attached hydrogens (tertiary/aromatic N) is 1. The number of carboxylic acid groups (broad SMARTS) is 1. The summed E-state index contributed by atoms with van der Waals surface area (Å²) in [6.07, 6.45) is -1.59. The van der Waals surface area contributed by atoms with Crippen LogP contribution in [0, 0.1) is 0 Å². The first-order valence-corrected chi connectivity index (χ1v) is 5.17. The van der Waals surface area contributed by atoms with Crippen LogP contribution >= 0.6 is 11.6 Å². The van der Waals surface area contributed by atoms with Crippen LogP contribution in [-0.4, -0.2) is 28.5 Å². The van der Waals surface area contributed by atoms with Gasteiger partial charge in [-0.2, -0.15) is 4.98 Å². The first kappa shape index (κ1) is 12.3. The number of aromatic hydroxyl groups is 1. The molecule has 18 heavy (non-hydrogen) atoms. The van der Waals surface area contributed by atoms with E-state index in [2.05, 4.69) is 9.72 Å². The zero-order valence-electron chi connectivity index (χ0n) is 9.18. The first-order valence-electron chi connectivity index (χ1n) is 4.80. The number of hydrogen-bond donors (Lipinski definition) is 2. The summed E-state index contributed by atoms with van der Waals surface area (Å²) in [5, 5.41) is 19.2. The van der Waals surface area contributed by atoms with Crippen molar-refractivity contribution in [1.29, 1.82) is 0 Å². The van der Waals surface area contributed by atoms with Crippen molar-refractivity contribution >= 4 is 28.5 Å². The Bertz CT molecular complexity index is 628. The van der Waals surface area contributed by atoms with Crippen LogP contribution in [0.2, 0.25) is 5.15 Å². The molecule has 0 aliphatic carbocycles. The Labute approximate surface area is 106 Å². The third-order valence-corrected chi connectivity index (χ3v) is 2.58. The van der Waals surface area contributed by atoms with Crippen molar-refractivity contribution in [3.8, 4) is 17.4 Å². The van der Waals surface area contributed by atoms with E-state index in [1.54, 1.807) is 12.1 Å². The Kier molecular flexibility index (Phi) is 3.12. The number of halogens is 1. The molecule has 7 heteroatoms. The molecule has 0 atom stereocenters. The number of benzene rings is 1. The van der Waals surface area contributed by atoms with Gasteiger partial charge in [-0.3, -0.25) is 0 Å². The zero-order chi connectivity index (χ0) is 13.3. The van der Waals surface area contributed by atoms with Gasteiger partial charge in [0.2, 0.25) is 0 Å². The van der Waals surface area contributed by atoms with Gasteiger partial charge in [0.25, 0.3) is 5.88 Å². The predicted molar refractivity (Wildman–Crippen MR) is 63.6 cm³/mol. The normalized spacial score (nSPS) is 10.3. The number of carbonyl (C=O) groups is 1. The Hall–Kier alpha value is -2.21. The van der Waals surface area contributed by atoms with Crippen molar-refractivity contribution in [2.45, 2.75) is 0 Å². The lowest BCUT2D eigenvalue weighted by Crippen LogP contribution is -2.05. The molecule has 0 amide bonds.